The number of carbonyl (C=O) groups is 2. The predicted molar refractivity (Wildman–Crippen MR) is 109 cm³/mol. The molecule has 1 atom stereocenters. The molecule has 1 aliphatic rings. The molecule has 0 saturated carbocycles. The maximum Gasteiger partial charge on any atom is 0.290 e. The highest BCUT2D eigenvalue weighted by Gasteiger charge is 2.15. The van der Waals surface area contributed by atoms with E-state index >= 15 is 0 Å². The Morgan fingerprint density at radius 3 is 2.50 bits per heavy atom. The zero-order chi connectivity index (χ0) is 20.6. The molecule has 2 rings (SSSR count). The lowest BCUT2D eigenvalue weighted by Gasteiger charge is -2.19. The summed E-state index contributed by atoms with van der Waals surface area (Å²) < 4.78 is 5.52. The first-order valence-electron chi connectivity index (χ1n) is 10.0. The van der Waals surface area contributed by atoms with Crippen molar-refractivity contribution in [2.75, 3.05) is 32.8 Å². The highest BCUT2D eigenvalue weighted by atomic mass is 16.5. The van der Waals surface area contributed by atoms with E-state index in [4.69, 9.17) is 14.6 Å². The van der Waals surface area contributed by atoms with Crippen LogP contribution in [-0.4, -0.2) is 66.4 Å². The van der Waals surface area contributed by atoms with E-state index in [9.17, 15) is 9.90 Å². The summed E-state index contributed by atoms with van der Waals surface area (Å²) in [5.41, 5.74) is 0.989. The molecule has 1 amide bonds. The van der Waals surface area contributed by atoms with Gasteiger partial charge >= 0.3 is 0 Å². The van der Waals surface area contributed by atoms with Gasteiger partial charge in [-0.15, -0.1) is 0 Å². The SMILES string of the molecule is Cc1ccccc1OCC(O)C(=O)NCCCCN1CCCCCC1.O=CO. The van der Waals surface area contributed by atoms with E-state index in [0.717, 1.165) is 24.9 Å². The summed E-state index contributed by atoms with van der Waals surface area (Å²) in [6, 6.07) is 7.57. The van der Waals surface area contributed by atoms with Crippen molar-refractivity contribution >= 4 is 12.4 Å². The van der Waals surface area contributed by atoms with Crippen LogP contribution in [0.25, 0.3) is 0 Å². The van der Waals surface area contributed by atoms with Crippen LogP contribution >= 0.6 is 0 Å². The molecule has 1 unspecified atom stereocenters. The van der Waals surface area contributed by atoms with Crippen LogP contribution in [0.2, 0.25) is 0 Å². The van der Waals surface area contributed by atoms with Crippen molar-refractivity contribution in [3.8, 4) is 5.75 Å². The lowest BCUT2D eigenvalue weighted by atomic mass is 10.2. The van der Waals surface area contributed by atoms with Crippen LogP contribution in [0, 0.1) is 6.92 Å². The highest BCUT2D eigenvalue weighted by molar-refractivity contribution is 5.80. The minimum absolute atomic E-state index is 0.0233. The van der Waals surface area contributed by atoms with Crippen molar-refractivity contribution < 1.29 is 24.5 Å². The summed E-state index contributed by atoms with van der Waals surface area (Å²) in [7, 11) is 0. The number of rotatable bonds is 9. The number of nitrogens with zero attached hydrogens (tertiary/aromatic N) is 1. The van der Waals surface area contributed by atoms with E-state index in [2.05, 4.69) is 10.2 Å². The Labute approximate surface area is 167 Å². The quantitative estimate of drug-likeness (QED) is 0.439. The molecule has 7 nitrogen and oxygen atoms in total. The van der Waals surface area contributed by atoms with Gasteiger partial charge in [0.1, 0.15) is 12.4 Å². The van der Waals surface area contributed by atoms with Gasteiger partial charge in [-0.2, -0.15) is 0 Å². The monoisotopic (exact) mass is 394 g/mol. The van der Waals surface area contributed by atoms with E-state index < -0.39 is 6.10 Å². The molecule has 0 radical (unpaired) electrons. The van der Waals surface area contributed by atoms with Gasteiger partial charge in [0, 0.05) is 6.54 Å². The first kappa shape index (κ1) is 23.9. The molecule has 0 aliphatic carbocycles. The van der Waals surface area contributed by atoms with E-state index in [1.807, 2.05) is 31.2 Å². The molecule has 1 heterocycles. The zero-order valence-electron chi connectivity index (χ0n) is 16.8. The number of unbranched alkanes of at least 4 members (excludes halogenated alkanes) is 1. The molecule has 1 aliphatic heterocycles. The molecule has 0 spiro atoms. The van der Waals surface area contributed by atoms with Gasteiger partial charge in [-0.3, -0.25) is 9.59 Å². The lowest BCUT2D eigenvalue weighted by Crippen LogP contribution is -2.39. The smallest absolute Gasteiger partial charge is 0.290 e. The third-order valence-corrected chi connectivity index (χ3v) is 4.69. The minimum Gasteiger partial charge on any atom is -0.490 e. The second kappa shape index (κ2) is 14.9. The number of carbonyl (C=O) groups excluding carboxylic acids is 1. The summed E-state index contributed by atoms with van der Waals surface area (Å²) in [6.45, 7) is 5.79. The van der Waals surface area contributed by atoms with E-state index in [1.54, 1.807) is 0 Å². The Balaban J connectivity index is 0.00000122. The number of likely N-dealkylation sites (tertiary alicyclic amines) is 1. The van der Waals surface area contributed by atoms with Crippen molar-refractivity contribution in [1.29, 1.82) is 0 Å². The molecule has 158 valence electrons. The van der Waals surface area contributed by atoms with Gasteiger partial charge in [0.2, 0.25) is 0 Å². The van der Waals surface area contributed by atoms with E-state index in [0.29, 0.717) is 12.3 Å². The fourth-order valence-electron chi connectivity index (χ4n) is 3.11. The number of hydrogen-bond donors (Lipinski definition) is 3. The molecule has 3 N–H and O–H groups in total. The van der Waals surface area contributed by atoms with Gasteiger partial charge in [0.25, 0.3) is 12.4 Å². The van der Waals surface area contributed by atoms with Gasteiger partial charge < -0.3 is 25.2 Å². The topological polar surface area (TPSA) is 99.1 Å². The maximum absolute atomic E-state index is 11.9. The Kier molecular flexibility index (Phi) is 12.7. The lowest BCUT2D eigenvalue weighted by molar-refractivity contribution is -0.130. The van der Waals surface area contributed by atoms with Crippen molar-refractivity contribution in [3.63, 3.8) is 0 Å². The van der Waals surface area contributed by atoms with Crippen molar-refractivity contribution in [2.24, 2.45) is 0 Å². The van der Waals surface area contributed by atoms with Crippen LogP contribution in [0.15, 0.2) is 24.3 Å². The van der Waals surface area contributed by atoms with Gasteiger partial charge in [0.15, 0.2) is 6.10 Å². The predicted octanol–water partition coefficient (Wildman–Crippen LogP) is 2.21. The number of hydrogen-bond acceptors (Lipinski definition) is 5. The van der Waals surface area contributed by atoms with Crippen LogP contribution in [-0.2, 0) is 9.59 Å². The number of para-hydroxylation sites is 1. The Morgan fingerprint density at radius 1 is 1.21 bits per heavy atom. The fraction of sp³-hybridized carbons (Fsp3) is 0.619. The summed E-state index contributed by atoms with van der Waals surface area (Å²) in [5, 5.41) is 19.6. The molecule has 28 heavy (non-hydrogen) atoms. The molecule has 1 aromatic carbocycles. The molecular weight excluding hydrogens is 360 g/mol. The molecule has 7 heteroatoms. The number of aliphatic hydroxyl groups is 1. The third-order valence-electron chi connectivity index (χ3n) is 4.69. The summed E-state index contributed by atoms with van der Waals surface area (Å²) in [6.07, 6.45) is 6.21. The number of benzene rings is 1. The van der Waals surface area contributed by atoms with E-state index in [-0.39, 0.29) is 19.0 Å². The normalized spacial score (nSPS) is 15.5. The van der Waals surface area contributed by atoms with Crippen molar-refractivity contribution in [3.05, 3.63) is 29.8 Å². The van der Waals surface area contributed by atoms with Crippen LogP contribution in [0.5, 0.6) is 5.75 Å². The fourth-order valence-corrected chi connectivity index (χ4v) is 3.11. The molecule has 0 bridgehead atoms. The van der Waals surface area contributed by atoms with Crippen LogP contribution in [0.3, 0.4) is 0 Å². The first-order chi connectivity index (χ1) is 13.6. The summed E-state index contributed by atoms with van der Waals surface area (Å²) in [5.74, 6) is 0.343. The second-order valence-electron chi connectivity index (χ2n) is 6.95. The largest absolute Gasteiger partial charge is 0.490 e. The number of aliphatic hydroxyl groups excluding tert-OH is 1. The number of ether oxygens (including phenoxy) is 1. The Morgan fingerprint density at radius 2 is 1.86 bits per heavy atom. The van der Waals surface area contributed by atoms with Gasteiger partial charge in [-0.05, 0) is 63.9 Å². The zero-order valence-corrected chi connectivity index (χ0v) is 16.8. The average molecular weight is 395 g/mol. The standard InChI is InChI=1S/C20H32N2O3.CH2O2/c1-17-10-4-5-11-19(17)25-16-18(23)20(24)21-12-6-9-15-22-13-7-2-3-8-14-22;2-1-3/h4-5,10-11,18,23H,2-3,6-9,12-16H2,1H3,(H,21,24);1H,(H,2,3). The van der Waals surface area contributed by atoms with Crippen molar-refractivity contribution in [2.45, 2.75) is 51.6 Å². The number of aryl methyl sites for hydroxylation is 1. The number of nitrogens with one attached hydrogen (secondary N) is 1. The molecular formula is C21H34N2O5. The molecule has 1 fully saturated rings. The maximum atomic E-state index is 11.9. The molecule has 1 saturated heterocycles. The second-order valence-corrected chi connectivity index (χ2v) is 6.95. The van der Waals surface area contributed by atoms with Crippen LogP contribution in [0.4, 0.5) is 0 Å². The minimum atomic E-state index is -1.13. The first-order valence-corrected chi connectivity index (χ1v) is 10.0. The number of carboxylic acid groups (broad SMARTS) is 1. The van der Waals surface area contributed by atoms with E-state index in [1.165, 1.54) is 38.8 Å². The number of amides is 1. The highest BCUT2D eigenvalue weighted by Crippen LogP contribution is 2.16. The van der Waals surface area contributed by atoms with Crippen molar-refractivity contribution in [1.82, 2.24) is 10.2 Å². The Hall–Kier alpha value is -2.12. The van der Waals surface area contributed by atoms with Gasteiger partial charge in [0.05, 0.1) is 0 Å². The van der Waals surface area contributed by atoms with Gasteiger partial charge in [-0.25, -0.2) is 0 Å². The third kappa shape index (κ3) is 10.3. The van der Waals surface area contributed by atoms with Crippen LogP contribution < -0.4 is 10.1 Å². The molecule has 0 aromatic heterocycles. The summed E-state index contributed by atoms with van der Waals surface area (Å²) >= 11 is 0. The average Bonchev–Trinajstić information content (AvgIpc) is 2.96. The Bertz CT molecular complexity index is 559. The summed E-state index contributed by atoms with van der Waals surface area (Å²) in [4.78, 5) is 22.8. The van der Waals surface area contributed by atoms with Crippen LogP contribution in [0.1, 0.15) is 44.1 Å². The molecule has 1 aromatic rings. The van der Waals surface area contributed by atoms with Gasteiger partial charge in [-0.1, -0.05) is 31.0 Å².